The number of fused-ring (bicyclic) bond motifs is 1. The van der Waals surface area contributed by atoms with Gasteiger partial charge in [0.05, 0.1) is 44.4 Å². The van der Waals surface area contributed by atoms with Crippen LogP contribution in [0.15, 0.2) is 30.3 Å². The minimum Gasteiger partial charge on any atom is -0.497 e. The van der Waals surface area contributed by atoms with Gasteiger partial charge in [0.1, 0.15) is 5.75 Å². The number of ether oxygens (including phenoxy) is 1. The van der Waals surface area contributed by atoms with Crippen molar-refractivity contribution in [2.45, 2.75) is 32.4 Å². The van der Waals surface area contributed by atoms with Gasteiger partial charge in [-0.2, -0.15) is 5.10 Å². The summed E-state index contributed by atoms with van der Waals surface area (Å²) < 4.78 is 7.06. The summed E-state index contributed by atoms with van der Waals surface area (Å²) in [6.07, 6.45) is 0.805. The molecule has 25 heavy (non-hydrogen) atoms. The molecular weight excluding hydrogens is 322 g/mol. The smallest absolute Gasteiger partial charge is 0.303 e. The molecule has 0 radical (unpaired) electrons. The molecule has 1 aromatic carbocycles. The molecule has 0 aliphatic carbocycles. The molecule has 132 valence electrons. The molecule has 1 amide bonds. The van der Waals surface area contributed by atoms with E-state index in [4.69, 9.17) is 9.84 Å². The number of aryl methyl sites for hydroxylation is 1. The van der Waals surface area contributed by atoms with Gasteiger partial charge in [-0.25, -0.2) is 0 Å². The molecule has 0 atom stereocenters. The largest absolute Gasteiger partial charge is 0.497 e. The minimum absolute atomic E-state index is 0.0628. The summed E-state index contributed by atoms with van der Waals surface area (Å²) >= 11 is 0. The Hall–Kier alpha value is -2.83. The van der Waals surface area contributed by atoms with Crippen LogP contribution in [0.3, 0.4) is 0 Å². The maximum absolute atomic E-state index is 12.6. The molecule has 7 nitrogen and oxygen atoms in total. The van der Waals surface area contributed by atoms with Crippen LogP contribution in [0.1, 0.15) is 23.4 Å². The van der Waals surface area contributed by atoms with E-state index in [2.05, 4.69) is 5.10 Å². The van der Waals surface area contributed by atoms with E-state index in [1.54, 1.807) is 7.11 Å². The van der Waals surface area contributed by atoms with E-state index in [-0.39, 0.29) is 12.3 Å². The molecule has 3 rings (SSSR count). The van der Waals surface area contributed by atoms with E-state index in [1.165, 1.54) is 0 Å². The Morgan fingerprint density at radius 2 is 2.12 bits per heavy atom. The second kappa shape index (κ2) is 7.38. The first-order chi connectivity index (χ1) is 12.0. The predicted molar refractivity (Wildman–Crippen MR) is 90.3 cm³/mol. The standard InChI is InChI=1S/C18H21N3O4/c1-25-16-4-2-3-13(9-16)10-17(22)20-7-8-21-15(12-20)11-14(19-21)5-6-18(23)24/h2-4,9,11H,5-8,10,12H2,1H3,(H,23,24). The van der Waals surface area contributed by atoms with Gasteiger partial charge in [0, 0.05) is 13.0 Å². The van der Waals surface area contributed by atoms with Crippen molar-refractivity contribution in [3.63, 3.8) is 0 Å². The molecule has 7 heteroatoms. The van der Waals surface area contributed by atoms with Crippen LogP contribution in [0.5, 0.6) is 5.75 Å². The number of carbonyl (C=O) groups excluding carboxylic acids is 1. The quantitative estimate of drug-likeness (QED) is 0.859. The van der Waals surface area contributed by atoms with Crippen LogP contribution in [0.4, 0.5) is 0 Å². The van der Waals surface area contributed by atoms with E-state index in [9.17, 15) is 9.59 Å². The van der Waals surface area contributed by atoms with Crippen LogP contribution in [0, 0.1) is 0 Å². The maximum Gasteiger partial charge on any atom is 0.303 e. The van der Waals surface area contributed by atoms with Gasteiger partial charge in [-0.3, -0.25) is 14.3 Å². The summed E-state index contributed by atoms with van der Waals surface area (Å²) in [5.41, 5.74) is 2.63. The number of methoxy groups -OCH3 is 1. The normalized spacial score (nSPS) is 13.4. The van der Waals surface area contributed by atoms with Gasteiger partial charge in [0.25, 0.3) is 0 Å². The van der Waals surface area contributed by atoms with E-state index >= 15 is 0 Å². The summed E-state index contributed by atoms with van der Waals surface area (Å²) in [6.45, 7) is 1.74. The Bertz CT molecular complexity index is 784. The number of hydrogen-bond acceptors (Lipinski definition) is 4. The van der Waals surface area contributed by atoms with E-state index in [0.717, 1.165) is 22.7 Å². The van der Waals surface area contributed by atoms with Crippen LogP contribution >= 0.6 is 0 Å². The van der Waals surface area contributed by atoms with Crippen LogP contribution in [-0.2, 0) is 35.5 Å². The zero-order valence-corrected chi connectivity index (χ0v) is 14.1. The fourth-order valence-corrected chi connectivity index (χ4v) is 2.96. The summed E-state index contributed by atoms with van der Waals surface area (Å²) in [7, 11) is 1.61. The Balaban J connectivity index is 1.63. The van der Waals surface area contributed by atoms with Gasteiger partial charge in [0.2, 0.25) is 5.91 Å². The number of benzene rings is 1. The average Bonchev–Trinajstić information content (AvgIpc) is 3.02. The minimum atomic E-state index is -0.832. The highest BCUT2D eigenvalue weighted by Crippen LogP contribution is 2.18. The molecule has 0 saturated carbocycles. The van der Waals surface area contributed by atoms with Crippen LogP contribution in [-0.4, -0.2) is 45.3 Å². The highest BCUT2D eigenvalue weighted by atomic mass is 16.5. The zero-order chi connectivity index (χ0) is 17.8. The van der Waals surface area contributed by atoms with Crippen molar-refractivity contribution in [2.75, 3.05) is 13.7 Å². The van der Waals surface area contributed by atoms with Crippen molar-refractivity contribution in [3.05, 3.63) is 47.3 Å². The Morgan fingerprint density at radius 1 is 1.28 bits per heavy atom. The second-order valence-corrected chi connectivity index (χ2v) is 6.09. The average molecular weight is 343 g/mol. The van der Waals surface area contributed by atoms with Crippen molar-refractivity contribution in [3.8, 4) is 5.75 Å². The topological polar surface area (TPSA) is 84.7 Å². The summed E-state index contributed by atoms with van der Waals surface area (Å²) in [6, 6.07) is 9.41. The molecule has 0 fully saturated rings. The SMILES string of the molecule is COc1cccc(CC(=O)N2CCn3nc(CCC(=O)O)cc3C2)c1. The number of rotatable bonds is 6. The third kappa shape index (κ3) is 4.17. The van der Waals surface area contributed by atoms with Crippen molar-refractivity contribution in [1.82, 2.24) is 14.7 Å². The van der Waals surface area contributed by atoms with Gasteiger partial charge >= 0.3 is 5.97 Å². The number of aromatic nitrogens is 2. The third-order valence-corrected chi connectivity index (χ3v) is 4.29. The van der Waals surface area contributed by atoms with Gasteiger partial charge in [-0.1, -0.05) is 12.1 Å². The lowest BCUT2D eigenvalue weighted by Crippen LogP contribution is -2.39. The fourth-order valence-electron chi connectivity index (χ4n) is 2.96. The molecule has 1 aliphatic heterocycles. The van der Waals surface area contributed by atoms with E-state index in [0.29, 0.717) is 32.5 Å². The monoisotopic (exact) mass is 343 g/mol. The number of carboxylic acid groups (broad SMARTS) is 1. The summed E-state index contributed by atoms with van der Waals surface area (Å²) in [5.74, 6) is -0.0288. The first-order valence-corrected chi connectivity index (χ1v) is 8.23. The molecule has 0 unspecified atom stereocenters. The predicted octanol–water partition coefficient (Wildman–Crippen LogP) is 1.49. The number of carbonyl (C=O) groups is 2. The van der Waals surface area contributed by atoms with Gasteiger partial charge < -0.3 is 14.7 Å². The molecule has 1 N–H and O–H groups in total. The van der Waals surface area contributed by atoms with E-state index in [1.807, 2.05) is 39.9 Å². The first-order valence-electron chi connectivity index (χ1n) is 8.23. The lowest BCUT2D eigenvalue weighted by Gasteiger charge is -2.27. The third-order valence-electron chi connectivity index (χ3n) is 4.29. The molecule has 2 aromatic rings. The number of carboxylic acids is 1. The Morgan fingerprint density at radius 3 is 2.88 bits per heavy atom. The highest BCUT2D eigenvalue weighted by Gasteiger charge is 2.22. The molecule has 0 spiro atoms. The molecule has 2 heterocycles. The van der Waals surface area contributed by atoms with Crippen molar-refractivity contribution < 1.29 is 19.4 Å². The molecule has 1 aromatic heterocycles. The highest BCUT2D eigenvalue weighted by molar-refractivity contribution is 5.79. The number of amides is 1. The van der Waals surface area contributed by atoms with Crippen LogP contribution < -0.4 is 4.74 Å². The van der Waals surface area contributed by atoms with E-state index < -0.39 is 5.97 Å². The van der Waals surface area contributed by atoms with Crippen LogP contribution in [0.25, 0.3) is 0 Å². The molecule has 0 saturated heterocycles. The Kier molecular flexibility index (Phi) is 5.02. The van der Waals surface area contributed by atoms with Crippen LogP contribution in [0.2, 0.25) is 0 Å². The molecular formula is C18H21N3O4. The second-order valence-electron chi connectivity index (χ2n) is 6.09. The number of hydrogen-bond donors (Lipinski definition) is 1. The Labute approximate surface area is 145 Å². The lowest BCUT2D eigenvalue weighted by atomic mass is 10.1. The first kappa shape index (κ1) is 17.0. The van der Waals surface area contributed by atoms with Gasteiger partial charge in [0.15, 0.2) is 0 Å². The van der Waals surface area contributed by atoms with Gasteiger partial charge in [-0.15, -0.1) is 0 Å². The fraction of sp³-hybridized carbons (Fsp3) is 0.389. The number of nitrogens with zero attached hydrogens (tertiary/aromatic N) is 3. The van der Waals surface area contributed by atoms with Gasteiger partial charge in [-0.05, 0) is 23.8 Å². The lowest BCUT2D eigenvalue weighted by molar-refractivity contribution is -0.137. The summed E-state index contributed by atoms with van der Waals surface area (Å²) in [5, 5.41) is 13.2. The molecule has 1 aliphatic rings. The zero-order valence-electron chi connectivity index (χ0n) is 14.1. The molecule has 0 bridgehead atoms. The maximum atomic E-state index is 12.6. The summed E-state index contributed by atoms with van der Waals surface area (Å²) in [4.78, 5) is 25.1. The van der Waals surface area contributed by atoms with Crippen molar-refractivity contribution in [2.24, 2.45) is 0 Å². The van der Waals surface area contributed by atoms with Crippen molar-refractivity contribution >= 4 is 11.9 Å². The number of aliphatic carboxylic acids is 1. The van der Waals surface area contributed by atoms with Crippen molar-refractivity contribution in [1.29, 1.82) is 0 Å².